The summed E-state index contributed by atoms with van der Waals surface area (Å²) < 4.78 is 0. The fraction of sp³-hybridized carbons (Fsp3) is 0.0476. The smallest absolute Gasteiger partial charge is 0.258 e. The second-order valence-electron chi connectivity index (χ2n) is 5.62. The monoisotopic (exact) mass is 362 g/mol. The number of amides is 2. The van der Waals surface area contributed by atoms with E-state index in [0.29, 0.717) is 11.3 Å². The zero-order valence-corrected chi connectivity index (χ0v) is 15.1. The van der Waals surface area contributed by atoms with Crippen LogP contribution in [0.1, 0.15) is 15.2 Å². The molecule has 0 saturated carbocycles. The van der Waals surface area contributed by atoms with Gasteiger partial charge in [-0.05, 0) is 47.9 Å². The van der Waals surface area contributed by atoms with Gasteiger partial charge in [0.1, 0.15) is 0 Å². The predicted octanol–water partition coefficient (Wildman–Crippen LogP) is 4.68. The number of carbonyl (C=O) groups excluding carboxylic acids is 2. The number of hydrogen-bond donors (Lipinski definition) is 1. The molecule has 0 atom stereocenters. The van der Waals surface area contributed by atoms with Gasteiger partial charge in [0.25, 0.3) is 5.91 Å². The Bertz CT molecular complexity index is 918. The van der Waals surface area contributed by atoms with Gasteiger partial charge < -0.3 is 10.2 Å². The van der Waals surface area contributed by atoms with Gasteiger partial charge in [-0.2, -0.15) is 0 Å². The summed E-state index contributed by atoms with van der Waals surface area (Å²) in [5.74, 6) is -0.374. The number of carbonyl (C=O) groups is 2. The number of thiophene rings is 1. The molecule has 0 unspecified atom stereocenters. The van der Waals surface area contributed by atoms with Crippen LogP contribution in [-0.2, 0) is 4.79 Å². The van der Waals surface area contributed by atoms with E-state index in [1.165, 1.54) is 6.08 Å². The highest BCUT2D eigenvalue weighted by Gasteiger charge is 2.13. The zero-order valence-electron chi connectivity index (χ0n) is 14.3. The molecule has 0 bridgehead atoms. The fourth-order valence-electron chi connectivity index (χ4n) is 2.42. The minimum atomic E-state index is -0.237. The molecule has 0 fully saturated rings. The maximum Gasteiger partial charge on any atom is 0.258 e. The number of nitrogens with one attached hydrogen (secondary N) is 1. The number of anilines is 2. The number of benzene rings is 2. The summed E-state index contributed by atoms with van der Waals surface area (Å²) in [4.78, 5) is 27.3. The van der Waals surface area contributed by atoms with Crippen molar-refractivity contribution in [3.8, 4) is 0 Å². The van der Waals surface area contributed by atoms with E-state index >= 15 is 0 Å². The van der Waals surface area contributed by atoms with Crippen molar-refractivity contribution < 1.29 is 9.59 Å². The Hall–Kier alpha value is -3.18. The van der Waals surface area contributed by atoms with Gasteiger partial charge in [0.15, 0.2) is 0 Å². The Morgan fingerprint density at radius 3 is 2.54 bits per heavy atom. The van der Waals surface area contributed by atoms with Crippen LogP contribution in [0.25, 0.3) is 6.08 Å². The van der Waals surface area contributed by atoms with Crippen LogP contribution in [0.3, 0.4) is 0 Å². The Kier molecular flexibility index (Phi) is 5.61. The summed E-state index contributed by atoms with van der Waals surface area (Å²) in [6, 6.07) is 20.2. The van der Waals surface area contributed by atoms with Gasteiger partial charge >= 0.3 is 0 Å². The topological polar surface area (TPSA) is 49.4 Å². The molecule has 0 aliphatic heterocycles. The number of rotatable bonds is 5. The molecular weight excluding hydrogens is 344 g/mol. The Balaban J connectivity index is 1.69. The normalized spacial score (nSPS) is 10.7. The molecule has 0 aliphatic carbocycles. The lowest BCUT2D eigenvalue weighted by Crippen LogP contribution is -2.26. The van der Waals surface area contributed by atoms with Crippen molar-refractivity contribution in [3.63, 3.8) is 0 Å². The van der Waals surface area contributed by atoms with Gasteiger partial charge in [-0.1, -0.05) is 30.3 Å². The first-order valence-corrected chi connectivity index (χ1v) is 8.97. The zero-order chi connectivity index (χ0) is 18.4. The molecule has 4 nitrogen and oxygen atoms in total. The maximum atomic E-state index is 12.7. The summed E-state index contributed by atoms with van der Waals surface area (Å²) in [6.07, 6.45) is 3.24. The van der Waals surface area contributed by atoms with Crippen LogP contribution >= 0.6 is 11.3 Å². The van der Waals surface area contributed by atoms with Gasteiger partial charge in [-0.15, -0.1) is 11.3 Å². The van der Waals surface area contributed by atoms with Crippen LogP contribution < -0.4 is 10.2 Å². The van der Waals surface area contributed by atoms with Crippen LogP contribution in [0.5, 0.6) is 0 Å². The third-order valence-corrected chi connectivity index (χ3v) is 4.60. The molecule has 3 aromatic rings. The molecule has 26 heavy (non-hydrogen) atoms. The summed E-state index contributed by atoms with van der Waals surface area (Å²) in [5, 5.41) is 4.74. The van der Waals surface area contributed by atoms with E-state index in [1.54, 1.807) is 53.6 Å². The van der Waals surface area contributed by atoms with E-state index in [9.17, 15) is 9.59 Å². The first kappa shape index (κ1) is 17.6. The standard InChI is InChI=1S/C21H18N2O2S/c1-23(18-9-3-2-4-10-18)21(25)16-7-5-8-17(15-16)22-20(24)13-12-19-11-6-14-26-19/h2-15H,1H3,(H,22,24)/b13-12+. The van der Waals surface area contributed by atoms with Crippen molar-refractivity contribution in [1.29, 1.82) is 0 Å². The fourth-order valence-corrected chi connectivity index (χ4v) is 3.04. The first-order chi connectivity index (χ1) is 12.6. The Morgan fingerprint density at radius 1 is 1.00 bits per heavy atom. The molecular formula is C21H18N2O2S. The Morgan fingerprint density at radius 2 is 1.81 bits per heavy atom. The SMILES string of the molecule is CN(C(=O)c1cccc(NC(=O)/C=C/c2cccs2)c1)c1ccccc1. The van der Waals surface area contributed by atoms with Gasteiger partial charge in [-0.25, -0.2) is 0 Å². The van der Waals surface area contributed by atoms with Gasteiger partial charge in [0.05, 0.1) is 0 Å². The summed E-state index contributed by atoms with van der Waals surface area (Å²) in [6.45, 7) is 0. The van der Waals surface area contributed by atoms with Gasteiger partial charge in [-0.3, -0.25) is 9.59 Å². The number of nitrogens with zero attached hydrogens (tertiary/aromatic N) is 1. The molecule has 5 heteroatoms. The predicted molar refractivity (Wildman–Crippen MR) is 108 cm³/mol. The Labute approximate surface area is 156 Å². The summed E-state index contributed by atoms with van der Waals surface area (Å²) >= 11 is 1.56. The van der Waals surface area contributed by atoms with Crippen LogP contribution in [0.2, 0.25) is 0 Å². The average molecular weight is 362 g/mol. The van der Waals surface area contributed by atoms with E-state index < -0.39 is 0 Å². The second kappa shape index (κ2) is 8.27. The van der Waals surface area contributed by atoms with E-state index in [1.807, 2.05) is 47.8 Å². The molecule has 3 rings (SSSR count). The van der Waals surface area contributed by atoms with Crippen LogP contribution in [0, 0.1) is 0 Å². The molecule has 1 aromatic heterocycles. The van der Waals surface area contributed by atoms with Crippen molar-refractivity contribution in [2.45, 2.75) is 0 Å². The van der Waals surface area contributed by atoms with Gasteiger partial charge in [0, 0.05) is 34.9 Å². The van der Waals surface area contributed by atoms with Crippen LogP contribution in [-0.4, -0.2) is 18.9 Å². The first-order valence-electron chi connectivity index (χ1n) is 8.09. The quantitative estimate of drug-likeness (QED) is 0.670. The minimum Gasteiger partial charge on any atom is -0.322 e. The highest BCUT2D eigenvalue weighted by Crippen LogP contribution is 2.17. The molecule has 0 spiro atoms. The minimum absolute atomic E-state index is 0.138. The molecule has 0 radical (unpaired) electrons. The molecule has 1 N–H and O–H groups in total. The third kappa shape index (κ3) is 4.46. The van der Waals surface area contributed by atoms with E-state index in [2.05, 4.69) is 5.32 Å². The van der Waals surface area contributed by atoms with Gasteiger partial charge in [0.2, 0.25) is 5.91 Å². The molecule has 2 amide bonds. The maximum absolute atomic E-state index is 12.7. The van der Waals surface area contributed by atoms with Crippen molar-refractivity contribution in [3.05, 3.63) is 88.6 Å². The van der Waals surface area contributed by atoms with Crippen molar-refractivity contribution in [1.82, 2.24) is 0 Å². The summed E-state index contributed by atoms with van der Waals surface area (Å²) in [5.41, 5.74) is 1.90. The second-order valence-corrected chi connectivity index (χ2v) is 6.60. The largest absolute Gasteiger partial charge is 0.322 e. The molecule has 0 saturated heterocycles. The van der Waals surface area contributed by atoms with Crippen molar-refractivity contribution >= 4 is 40.6 Å². The number of para-hydroxylation sites is 1. The van der Waals surface area contributed by atoms with E-state index in [0.717, 1.165) is 10.6 Å². The summed E-state index contributed by atoms with van der Waals surface area (Å²) in [7, 11) is 1.73. The van der Waals surface area contributed by atoms with Crippen molar-refractivity contribution in [2.75, 3.05) is 17.3 Å². The van der Waals surface area contributed by atoms with E-state index in [4.69, 9.17) is 0 Å². The van der Waals surface area contributed by atoms with Crippen LogP contribution in [0.4, 0.5) is 11.4 Å². The lowest BCUT2D eigenvalue weighted by Gasteiger charge is -2.17. The highest BCUT2D eigenvalue weighted by molar-refractivity contribution is 7.10. The van der Waals surface area contributed by atoms with Crippen molar-refractivity contribution in [2.24, 2.45) is 0 Å². The molecule has 0 aliphatic rings. The molecule has 1 heterocycles. The molecule has 2 aromatic carbocycles. The highest BCUT2D eigenvalue weighted by atomic mass is 32.1. The average Bonchev–Trinajstić information content (AvgIpc) is 3.20. The van der Waals surface area contributed by atoms with E-state index in [-0.39, 0.29) is 11.8 Å². The number of hydrogen-bond acceptors (Lipinski definition) is 3. The third-order valence-electron chi connectivity index (χ3n) is 3.77. The van der Waals surface area contributed by atoms with Crippen LogP contribution in [0.15, 0.2) is 78.2 Å². The lowest BCUT2D eigenvalue weighted by molar-refractivity contribution is -0.111. The molecule has 130 valence electrons. The lowest BCUT2D eigenvalue weighted by atomic mass is 10.1.